The Morgan fingerprint density at radius 1 is 1.47 bits per heavy atom. The molecule has 1 aliphatic heterocycles. The molecule has 0 bridgehead atoms. The minimum absolute atomic E-state index is 0.146. The van der Waals surface area contributed by atoms with Gasteiger partial charge in [-0.2, -0.15) is 0 Å². The standard InChI is InChI=1S/C12H13FN4/c1-8-7-17-11(4-5-14-12(17)16-8)10-3-2-9(13)6-15-10/h2-3,6-7,11H,4-5H2,1H3,(H,14,16). The van der Waals surface area contributed by atoms with Crippen LogP contribution in [0.4, 0.5) is 10.3 Å². The number of hydrogen-bond donors (Lipinski definition) is 1. The number of hydrogen-bond acceptors (Lipinski definition) is 3. The van der Waals surface area contributed by atoms with Crippen molar-refractivity contribution in [3.8, 4) is 0 Å². The molecule has 0 amide bonds. The molecule has 1 N–H and O–H groups in total. The Morgan fingerprint density at radius 2 is 2.35 bits per heavy atom. The number of nitrogens with zero attached hydrogens (tertiary/aromatic N) is 3. The van der Waals surface area contributed by atoms with Crippen molar-refractivity contribution in [3.63, 3.8) is 0 Å². The fourth-order valence-electron chi connectivity index (χ4n) is 2.22. The van der Waals surface area contributed by atoms with Gasteiger partial charge < -0.3 is 9.88 Å². The summed E-state index contributed by atoms with van der Waals surface area (Å²) in [6.45, 7) is 2.82. The van der Waals surface area contributed by atoms with Crippen LogP contribution in [0.15, 0.2) is 24.5 Å². The fourth-order valence-corrected chi connectivity index (χ4v) is 2.22. The molecule has 1 aliphatic rings. The van der Waals surface area contributed by atoms with Crippen LogP contribution in [0.3, 0.4) is 0 Å². The largest absolute Gasteiger partial charge is 0.356 e. The van der Waals surface area contributed by atoms with Crippen molar-refractivity contribution in [3.05, 3.63) is 41.7 Å². The highest BCUT2D eigenvalue weighted by molar-refractivity contribution is 5.34. The Bertz CT molecular complexity index is 532. The van der Waals surface area contributed by atoms with Gasteiger partial charge in [-0.3, -0.25) is 4.98 Å². The van der Waals surface area contributed by atoms with Crippen molar-refractivity contribution in [2.75, 3.05) is 11.9 Å². The summed E-state index contributed by atoms with van der Waals surface area (Å²) in [4.78, 5) is 8.55. The van der Waals surface area contributed by atoms with Crippen molar-refractivity contribution in [1.82, 2.24) is 14.5 Å². The SMILES string of the molecule is Cc1cn2c(n1)NCCC2c1ccc(F)cn1. The van der Waals surface area contributed by atoms with E-state index in [-0.39, 0.29) is 11.9 Å². The van der Waals surface area contributed by atoms with Crippen LogP contribution in [0.5, 0.6) is 0 Å². The van der Waals surface area contributed by atoms with Gasteiger partial charge in [-0.15, -0.1) is 0 Å². The van der Waals surface area contributed by atoms with Crippen LogP contribution in [0.1, 0.15) is 23.9 Å². The lowest BCUT2D eigenvalue weighted by molar-refractivity contribution is 0.514. The molecule has 88 valence electrons. The van der Waals surface area contributed by atoms with Crippen LogP contribution in [0, 0.1) is 12.7 Å². The van der Waals surface area contributed by atoms with Crippen LogP contribution in [-0.2, 0) is 0 Å². The first-order chi connectivity index (χ1) is 8.24. The highest BCUT2D eigenvalue weighted by Crippen LogP contribution is 2.28. The van der Waals surface area contributed by atoms with Crippen LogP contribution in [-0.4, -0.2) is 21.1 Å². The summed E-state index contributed by atoms with van der Waals surface area (Å²) in [5.41, 5.74) is 1.85. The quantitative estimate of drug-likeness (QED) is 0.819. The number of fused-ring (bicyclic) bond motifs is 1. The molecule has 3 heterocycles. The van der Waals surface area contributed by atoms with Gasteiger partial charge in [-0.1, -0.05) is 0 Å². The summed E-state index contributed by atoms with van der Waals surface area (Å²) in [6.07, 6.45) is 4.19. The molecule has 0 radical (unpaired) electrons. The van der Waals surface area contributed by atoms with Gasteiger partial charge in [0.15, 0.2) is 0 Å². The smallest absolute Gasteiger partial charge is 0.203 e. The van der Waals surface area contributed by atoms with Crippen molar-refractivity contribution >= 4 is 5.95 Å². The first-order valence-corrected chi connectivity index (χ1v) is 5.65. The zero-order valence-corrected chi connectivity index (χ0v) is 9.52. The van der Waals surface area contributed by atoms with E-state index >= 15 is 0 Å². The minimum atomic E-state index is -0.301. The summed E-state index contributed by atoms with van der Waals surface area (Å²) in [5.74, 6) is 0.564. The van der Waals surface area contributed by atoms with E-state index in [9.17, 15) is 4.39 Å². The lowest BCUT2D eigenvalue weighted by Gasteiger charge is -2.25. The molecule has 0 aromatic carbocycles. The highest BCUT2D eigenvalue weighted by atomic mass is 19.1. The zero-order valence-electron chi connectivity index (χ0n) is 9.52. The van der Waals surface area contributed by atoms with Gasteiger partial charge in [0, 0.05) is 12.7 Å². The molecule has 2 aromatic rings. The van der Waals surface area contributed by atoms with E-state index in [1.165, 1.54) is 12.3 Å². The lowest BCUT2D eigenvalue weighted by Crippen LogP contribution is -2.24. The maximum atomic E-state index is 12.9. The van der Waals surface area contributed by atoms with E-state index in [2.05, 4.69) is 19.9 Å². The maximum Gasteiger partial charge on any atom is 0.203 e. The molecule has 5 heteroatoms. The third kappa shape index (κ3) is 1.77. The Hall–Kier alpha value is -1.91. The zero-order chi connectivity index (χ0) is 11.8. The first kappa shape index (κ1) is 10.3. The van der Waals surface area contributed by atoms with Crippen LogP contribution >= 0.6 is 0 Å². The topological polar surface area (TPSA) is 42.7 Å². The molecular formula is C12H13FN4. The molecule has 1 unspecified atom stereocenters. The van der Waals surface area contributed by atoms with E-state index in [0.29, 0.717) is 0 Å². The summed E-state index contributed by atoms with van der Waals surface area (Å²) >= 11 is 0. The Kier molecular flexibility index (Phi) is 2.31. The summed E-state index contributed by atoms with van der Waals surface area (Å²) < 4.78 is 14.9. The fraction of sp³-hybridized carbons (Fsp3) is 0.333. The van der Waals surface area contributed by atoms with Gasteiger partial charge in [0.2, 0.25) is 5.95 Å². The number of imidazole rings is 1. The number of halogens is 1. The van der Waals surface area contributed by atoms with Crippen LogP contribution < -0.4 is 5.32 Å². The normalized spacial score (nSPS) is 18.6. The van der Waals surface area contributed by atoms with Crippen molar-refractivity contribution in [2.45, 2.75) is 19.4 Å². The number of pyridine rings is 1. The average molecular weight is 232 g/mol. The summed E-state index contributed by atoms with van der Waals surface area (Å²) in [7, 11) is 0. The van der Waals surface area contributed by atoms with Gasteiger partial charge in [0.25, 0.3) is 0 Å². The van der Waals surface area contributed by atoms with Gasteiger partial charge in [-0.05, 0) is 25.5 Å². The monoisotopic (exact) mass is 232 g/mol. The predicted octanol–water partition coefficient (Wildman–Crippen LogP) is 2.13. The van der Waals surface area contributed by atoms with Crippen LogP contribution in [0.25, 0.3) is 0 Å². The van der Waals surface area contributed by atoms with Gasteiger partial charge in [-0.25, -0.2) is 9.37 Å². The molecule has 0 saturated heterocycles. The average Bonchev–Trinajstić information content (AvgIpc) is 2.70. The van der Waals surface area contributed by atoms with E-state index in [1.807, 2.05) is 13.1 Å². The summed E-state index contributed by atoms with van der Waals surface area (Å²) in [6, 6.07) is 3.34. The number of rotatable bonds is 1. The highest BCUT2D eigenvalue weighted by Gasteiger charge is 2.22. The molecule has 0 fully saturated rings. The summed E-state index contributed by atoms with van der Waals surface area (Å²) in [5, 5.41) is 3.24. The van der Waals surface area contributed by atoms with Gasteiger partial charge in [0.05, 0.1) is 23.6 Å². The molecular weight excluding hydrogens is 219 g/mol. The minimum Gasteiger partial charge on any atom is -0.356 e. The molecule has 4 nitrogen and oxygen atoms in total. The molecule has 0 saturated carbocycles. The van der Waals surface area contributed by atoms with Crippen molar-refractivity contribution < 1.29 is 4.39 Å². The maximum absolute atomic E-state index is 12.9. The second-order valence-corrected chi connectivity index (χ2v) is 4.25. The molecule has 0 spiro atoms. The van der Waals surface area contributed by atoms with Crippen molar-refractivity contribution in [1.29, 1.82) is 0 Å². The molecule has 3 rings (SSSR count). The Morgan fingerprint density at radius 3 is 3.12 bits per heavy atom. The van der Waals surface area contributed by atoms with E-state index < -0.39 is 0 Å². The number of anilines is 1. The van der Waals surface area contributed by atoms with E-state index in [0.717, 1.165) is 30.3 Å². The first-order valence-electron chi connectivity index (χ1n) is 5.65. The van der Waals surface area contributed by atoms with Crippen LogP contribution in [0.2, 0.25) is 0 Å². The number of aryl methyl sites for hydroxylation is 1. The predicted molar refractivity (Wildman–Crippen MR) is 62.4 cm³/mol. The number of aromatic nitrogens is 3. The molecule has 17 heavy (non-hydrogen) atoms. The molecule has 0 aliphatic carbocycles. The van der Waals surface area contributed by atoms with E-state index in [1.54, 1.807) is 6.07 Å². The third-order valence-electron chi connectivity index (χ3n) is 2.98. The molecule has 2 aromatic heterocycles. The Balaban J connectivity index is 2.02. The van der Waals surface area contributed by atoms with Gasteiger partial charge >= 0.3 is 0 Å². The van der Waals surface area contributed by atoms with Crippen molar-refractivity contribution in [2.24, 2.45) is 0 Å². The lowest BCUT2D eigenvalue weighted by atomic mass is 10.1. The van der Waals surface area contributed by atoms with E-state index in [4.69, 9.17) is 0 Å². The second-order valence-electron chi connectivity index (χ2n) is 4.25. The molecule has 1 atom stereocenters. The number of nitrogens with one attached hydrogen (secondary N) is 1. The third-order valence-corrected chi connectivity index (χ3v) is 2.98. The van der Waals surface area contributed by atoms with Gasteiger partial charge in [0.1, 0.15) is 5.82 Å². The Labute approximate surface area is 98.5 Å². The second kappa shape index (κ2) is 3.84.